The van der Waals surface area contributed by atoms with Gasteiger partial charge in [0, 0.05) is 31.4 Å². The molecule has 1 N–H and O–H groups in total. The lowest BCUT2D eigenvalue weighted by molar-refractivity contribution is -0.185. The zero-order valence-corrected chi connectivity index (χ0v) is 23.2. The van der Waals surface area contributed by atoms with E-state index >= 15 is 0 Å². The smallest absolute Gasteiger partial charge is 0.331 e. The van der Waals surface area contributed by atoms with Gasteiger partial charge in [0.2, 0.25) is 0 Å². The van der Waals surface area contributed by atoms with Crippen LogP contribution in [0.3, 0.4) is 0 Å². The van der Waals surface area contributed by atoms with Gasteiger partial charge in [0.25, 0.3) is 10.2 Å². The number of amides is 1. The van der Waals surface area contributed by atoms with Gasteiger partial charge >= 0.3 is 18.3 Å². The second-order valence-corrected chi connectivity index (χ2v) is 13.9. The van der Waals surface area contributed by atoms with E-state index in [1.165, 1.54) is 11.3 Å². The van der Waals surface area contributed by atoms with Gasteiger partial charge in [-0.3, -0.25) is 4.79 Å². The van der Waals surface area contributed by atoms with E-state index in [-0.39, 0.29) is 37.9 Å². The Bertz CT molecular complexity index is 1520. The van der Waals surface area contributed by atoms with Crippen molar-refractivity contribution in [2.24, 2.45) is 11.8 Å². The fraction of sp³-hybridized carbons (Fsp3) is 0.538. The topological polar surface area (TPSA) is 82.6 Å². The Morgan fingerprint density at radius 2 is 1.80 bits per heavy atom. The Labute approximate surface area is 236 Å². The molecule has 3 atom stereocenters. The number of nitrogens with zero attached hydrogens (tertiary/aromatic N) is 3. The Balaban J connectivity index is 1.21. The summed E-state index contributed by atoms with van der Waals surface area (Å²) in [6.07, 6.45) is -3.47. The highest BCUT2D eigenvalue weighted by molar-refractivity contribution is 7.87. The van der Waals surface area contributed by atoms with Crippen LogP contribution in [0.2, 0.25) is 0 Å². The second-order valence-electron chi connectivity index (χ2n) is 11.2. The summed E-state index contributed by atoms with van der Waals surface area (Å²) in [5, 5.41) is 0.708. The molecule has 1 saturated carbocycles. The summed E-state index contributed by atoms with van der Waals surface area (Å²) in [5.74, 6) is -2.13. The molecule has 2 aromatic rings. The molecule has 0 unspecified atom stereocenters. The molecule has 1 spiro atoms. The van der Waals surface area contributed by atoms with Crippen LogP contribution in [-0.4, -0.2) is 72.6 Å². The number of alkyl halides is 6. The largest absolute Gasteiger partial charge is 0.471 e. The number of benzene rings is 1. The summed E-state index contributed by atoms with van der Waals surface area (Å²) < 4.78 is 106. The minimum Gasteiger partial charge on any atom is -0.331 e. The highest BCUT2D eigenvalue weighted by Gasteiger charge is 2.60. The molecule has 1 saturated heterocycles. The van der Waals surface area contributed by atoms with Crippen molar-refractivity contribution in [3.8, 4) is 10.6 Å². The third-order valence-electron chi connectivity index (χ3n) is 8.72. The Hall–Kier alpha value is -2.49. The molecular formula is C26H26F6N4O3S2. The van der Waals surface area contributed by atoms with Gasteiger partial charge in [-0.05, 0) is 66.7 Å². The Morgan fingerprint density at radius 3 is 2.44 bits per heavy atom. The molecule has 7 nitrogen and oxygen atoms in total. The minimum atomic E-state index is -4.90. The zero-order valence-electron chi connectivity index (χ0n) is 21.6. The van der Waals surface area contributed by atoms with Gasteiger partial charge in [0.1, 0.15) is 11.6 Å². The van der Waals surface area contributed by atoms with Crippen LogP contribution >= 0.6 is 11.3 Å². The highest BCUT2D eigenvalue weighted by Crippen LogP contribution is 2.51. The first-order valence-corrected chi connectivity index (χ1v) is 15.4. The number of carbonyl (C=O) groups excluding carboxylic acids is 1. The molecule has 1 aromatic carbocycles. The molecule has 15 heteroatoms. The zero-order chi connectivity index (χ0) is 29.4. The van der Waals surface area contributed by atoms with Gasteiger partial charge in [-0.15, -0.1) is 11.3 Å². The van der Waals surface area contributed by atoms with Crippen molar-refractivity contribution in [2.75, 3.05) is 26.2 Å². The molecule has 4 aliphatic rings. The van der Waals surface area contributed by atoms with Crippen LogP contribution in [0.1, 0.15) is 35.3 Å². The Morgan fingerprint density at radius 1 is 1.10 bits per heavy atom. The quantitative estimate of drug-likeness (QED) is 0.511. The number of fused-ring (bicyclic) bond motifs is 1. The van der Waals surface area contributed by atoms with Crippen LogP contribution in [-0.2, 0) is 27.8 Å². The van der Waals surface area contributed by atoms with E-state index < -0.39 is 40.6 Å². The molecule has 6 rings (SSSR count). The average molecular weight is 621 g/mol. The number of rotatable bonds is 3. The molecule has 2 aliphatic carbocycles. The summed E-state index contributed by atoms with van der Waals surface area (Å²) in [5.41, 5.74) is 2.76. The van der Waals surface area contributed by atoms with Crippen molar-refractivity contribution in [3.63, 3.8) is 0 Å². The van der Waals surface area contributed by atoms with Crippen LogP contribution in [0.25, 0.3) is 16.1 Å². The molecule has 1 aromatic heterocycles. The molecule has 3 heterocycles. The lowest BCUT2D eigenvalue weighted by Gasteiger charge is -2.33. The molecule has 41 heavy (non-hydrogen) atoms. The maximum atomic E-state index is 13.1. The number of thiazole rings is 1. The van der Waals surface area contributed by atoms with Crippen LogP contribution in [0.5, 0.6) is 0 Å². The first kappa shape index (κ1) is 28.6. The number of nitrogens with one attached hydrogen (secondary N) is 1. The summed E-state index contributed by atoms with van der Waals surface area (Å²) >= 11 is 1.39. The molecule has 2 bridgehead atoms. The van der Waals surface area contributed by atoms with Gasteiger partial charge in [0.05, 0.1) is 10.4 Å². The first-order valence-electron chi connectivity index (χ1n) is 13.1. The third kappa shape index (κ3) is 5.30. The van der Waals surface area contributed by atoms with Gasteiger partial charge in [-0.2, -0.15) is 43.8 Å². The van der Waals surface area contributed by atoms with Crippen molar-refractivity contribution in [2.45, 2.75) is 50.0 Å². The van der Waals surface area contributed by atoms with Crippen LogP contribution < -0.4 is 4.72 Å². The maximum absolute atomic E-state index is 13.1. The fourth-order valence-electron chi connectivity index (χ4n) is 6.79. The summed E-state index contributed by atoms with van der Waals surface area (Å²) in [7, 11) is -4.26. The number of halogens is 6. The number of aromatic nitrogens is 1. The lowest BCUT2D eigenvalue weighted by Crippen LogP contribution is -2.52. The predicted octanol–water partition coefficient (Wildman–Crippen LogP) is 4.56. The molecule has 1 amide bonds. The molecule has 2 fully saturated rings. The highest BCUT2D eigenvalue weighted by atomic mass is 32.2. The molecular weight excluding hydrogens is 594 g/mol. The van der Waals surface area contributed by atoms with Crippen molar-refractivity contribution >= 4 is 33.0 Å². The van der Waals surface area contributed by atoms with Crippen molar-refractivity contribution in [3.05, 3.63) is 46.5 Å². The van der Waals surface area contributed by atoms with Crippen LogP contribution in [0, 0.1) is 11.8 Å². The van der Waals surface area contributed by atoms with E-state index in [9.17, 15) is 39.6 Å². The van der Waals surface area contributed by atoms with E-state index in [1.54, 1.807) is 12.3 Å². The number of hydrogen-bond acceptors (Lipinski definition) is 5. The predicted molar refractivity (Wildman–Crippen MR) is 139 cm³/mol. The lowest BCUT2D eigenvalue weighted by atomic mass is 9.79. The average Bonchev–Trinajstić information content (AvgIpc) is 3.52. The van der Waals surface area contributed by atoms with E-state index in [0.29, 0.717) is 28.6 Å². The van der Waals surface area contributed by atoms with Gasteiger partial charge in [-0.1, -0.05) is 18.2 Å². The second kappa shape index (κ2) is 9.78. The normalized spacial score (nSPS) is 28.0. The fourth-order valence-corrected chi connectivity index (χ4v) is 9.48. The van der Waals surface area contributed by atoms with Gasteiger partial charge in [-0.25, -0.2) is 4.98 Å². The first-order chi connectivity index (χ1) is 19.1. The number of hydrogen-bond donors (Lipinski definition) is 1. The molecule has 0 radical (unpaired) electrons. The van der Waals surface area contributed by atoms with E-state index in [2.05, 4.69) is 9.71 Å². The summed E-state index contributed by atoms with van der Waals surface area (Å²) in [6, 6.07) is 5.89. The number of carbonyl (C=O) groups is 1. The van der Waals surface area contributed by atoms with E-state index in [1.807, 2.05) is 18.2 Å². The minimum absolute atomic E-state index is 0.0370. The van der Waals surface area contributed by atoms with Crippen LogP contribution in [0.4, 0.5) is 26.3 Å². The Kier molecular flexibility index (Phi) is 6.83. The summed E-state index contributed by atoms with van der Waals surface area (Å²) in [6.45, 7) is -1.89. The third-order valence-corrected chi connectivity index (χ3v) is 11.4. The summed E-state index contributed by atoms with van der Waals surface area (Å²) in [4.78, 5) is 17.6. The van der Waals surface area contributed by atoms with E-state index in [0.717, 1.165) is 38.5 Å². The van der Waals surface area contributed by atoms with Crippen molar-refractivity contribution < 1.29 is 39.6 Å². The van der Waals surface area contributed by atoms with Gasteiger partial charge in [0.15, 0.2) is 0 Å². The van der Waals surface area contributed by atoms with E-state index in [4.69, 9.17) is 0 Å². The SMILES string of the molecule is O=C(N1CC=C(c2cnc(-c3ccc4c(c3)C[C@@H]3CC[C@H](C4)[C@]34CN(CC(F)(F)F)S(=O)(=O)N4)s2)CC1)C(F)(F)F. The molecule has 222 valence electrons. The van der Waals surface area contributed by atoms with Crippen molar-refractivity contribution in [1.82, 2.24) is 18.9 Å². The monoisotopic (exact) mass is 620 g/mol. The standard InChI is InChI=1S/C26H26F6N4O3S2/c27-25(28,29)14-36-13-24(34-41(36,38)39)19-3-4-20(24)11-18-9-17(2-1-16(18)10-19)22-33-12-21(40-22)15-5-7-35(8-6-15)23(37)26(30,31)32/h1-2,5,9,12,19-20,34H,3-4,6-8,10-11,13-14H2/t19-,20+,24-/m1/s1. The van der Waals surface area contributed by atoms with Crippen molar-refractivity contribution in [1.29, 1.82) is 0 Å². The maximum Gasteiger partial charge on any atom is 0.471 e. The molecule has 2 aliphatic heterocycles. The van der Waals surface area contributed by atoms with Crippen LogP contribution in [0.15, 0.2) is 30.5 Å². The van der Waals surface area contributed by atoms with Gasteiger partial charge < -0.3 is 4.90 Å².